The van der Waals surface area contributed by atoms with Crippen LogP contribution in [0.3, 0.4) is 0 Å². The Morgan fingerprint density at radius 1 is 0.250 bits per heavy atom. The van der Waals surface area contributed by atoms with Crippen LogP contribution < -0.4 is 126 Å². The van der Waals surface area contributed by atoms with Gasteiger partial charge >= 0.3 is 0 Å². The minimum absolute atomic E-state index is 0.00232. The molecular weight excluding hydrogens is 1390 g/mol. The number of hydrogen-bond donors (Lipinski definition) is 25. The van der Waals surface area contributed by atoms with Gasteiger partial charge in [-0.25, -0.2) is 0 Å². The number of aliphatic imine (C=N–C) groups is 2. The molecule has 1 aliphatic rings. The Bertz CT molecular complexity index is 2840. The third-order valence-electron chi connectivity index (χ3n) is 16.4. The van der Waals surface area contributed by atoms with Crippen molar-refractivity contribution in [1.82, 2.24) is 74.4 Å². The normalized spacial score (nSPS) is 26.0. The van der Waals surface area contributed by atoms with Gasteiger partial charge in [0, 0.05) is 24.6 Å². The molecule has 0 aromatic carbocycles. The third kappa shape index (κ3) is 37.4. The maximum absolute atomic E-state index is 14.4. The second kappa shape index (κ2) is 52.6. The highest BCUT2D eigenvalue weighted by Gasteiger charge is 2.37. The molecule has 1 heterocycles. The quantitative estimate of drug-likeness (QED) is 0.0137. The zero-order chi connectivity index (χ0) is 78.4. The highest BCUT2D eigenvalue weighted by molar-refractivity contribution is 7.80. The van der Waals surface area contributed by atoms with Crippen LogP contribution in [0.4, 0.5) is 0 Å². The minimum atomic E-state index is -1.47. The second-order valence-corrected chi connectivity index (χ2v) is 26.1. The molecule has 0 spiro atoms. The molecule has 0 bridgehead atoms. The van der Waals surface area contributed by atoms with Gasteiger partial charge in [-0.2, -0.15) is 25.3 Å². The van der Waals surface area contributed by atoms with Gasteiger partial charge in [0.25, 0.3) is 0 Å². The Hall–Kier alpha value is -8.38. The molecule has 39 nitrogen and oxygen atoms in total. The van der Waals surface area contributed by atoms with E-state index in [0.29, 0.717) is 51.4 Å². The molecule has 14 atom stereocenters. The van der Waals surface area contributed by atoms with Crippen LogP contribution >= 0.6 is 25.3 Å². The number of carbonyl (C=O) groups excluding carboxylic acids is 14. The van der Waals surface area contributed by atoms with Crippen LogP contribution in [0.1, 0.15) is 157 Å². The third-order valence-corrected chi connectivity index (χ3v) is 17.2. The number of carbonyl (C=O) groups is 14. The van der Waals surface area contributed by atoms with Gasteiger partial charge in [-0.1, -0.05) is 0 Å². The Labute approximate surface area is 618 Å². The molecule has 1 fully saturated rings. The van der Waals surface area contributed by atoms with E-state index >= 15 is 0 Å². The number of nitrogens with two attached hydrogens (primary N) is 9. The van der Waals surface area contributed by atoms with Gasteiger partial charge in [0.15, 0.2) is 11.9 Å². The van der Waals surface area contributed by atoms with Crippen molar-refractivity contribution in [3.63, 3.8) is 0 Å². The van der Waals surface area contributed by atoms with E-state index in [1.165, 1.54) is 34.6 Å². The number of nitrogens with zero attached hydrogens (tertiary/aromatic N) is 2. The Morgan fingerprint density at radius 3 is 0.606 bits per heavy atom. The summed E-state index contributed by atoms with van der Waals surface area (Å²) in [5.41, 5.74) is 51.1. The summed E-state index contributed by atoms with van der Waals surface area (Å²) in [4.78, 5) is 205. The molecule has 0 aromatic heterocycles. The molecule has 0 saturated carbocycles. The van der Waals surface area contributed by atoms with Crippen LogP contribution in [0.15, 0.2) is 9.98 Å². The van der Waals surface area contributed by atoms with Gasteiger partial charge in [-0.3, -0.25) is 77.1 Å². The van der Waals surface area contributed by atoms with E-state index in [-0.39, 0.29) is 140 Å². The average molecular weight is 1510 g/mol. The SMILES string of the molecule is C[C@@H]1NC(=O)[C@H](C)NC(=O)[C@H](CCCCN)NC(=O)[C@H](CCCCN)NC(=O)[C@H](CCCN=C(N)N)NC(=O)[C@H](C)NC(=O)[C@H](CS)NC(=O)[C@H](CS)NC(=O)[C@H](CCCCN)NC(=O)[C@H](CCCCN)NC(=O)[C@H](CCCN=C(N)N)NC(=O)[C@H](C)NC(=O)[C@H](C)NC(=O)[C@H](CCCCN)NC1=O. The number of amides is 14. The Kier molecular flexibility index (Phi) is 47.3. The fraction of sp³-hybridized carbons (Fsp3) is 0.746. The summed E-state index contributed by atoms with van der Waals surface area (Å²) >= 11 is 8.56. The molecule has 0 aliphatic carbocycles. The van der Waals surface area contributed by atoms with Crippen molar-refractivity contribution in [2.45, 2.75) is 241 Å². The van der Waals surface area contributed by atoms with Crippen LogP contribution in [0, 0.1) is 0 Å². The largest absolute Gasteiger partial charge is 0.370 e. The summed E-state index contributed by atoms with van der Waals surface area (Å²) in [6, 6.07) is -19.3. The lowest BCUT2D eigenvalue weighted by Gasteiger charge is -2.28. The Balaban J connectivity index is 4.08. The van der Waals surface area contributed by atoms with E-state index in [1.807, 2.05) is 0 Å². The lowest BCUT2D eigenvalue weighted by Crippen LogP contribution is -2.61. The van der Waals surface area contributed by atoms with Crippen molar-refractivity contribution in [2.75, 3.05) is 57.3 Å². The van der Waals surface area contributed by atoms with Gasteiger partial charge in [-0.15, -0.1) is 0 Å². The predicted octanol–water partition coefficient (Wildman–Crippen LogP) is -8.50. The van der Waals surface area contributed by atoms with E-state index in [0.717, 1.165) is 0 Å². The number of nitrogens with one attached hydrogen (secondary N) is 14. The van der Waals surface area contributed by atoms with E-state index in [4.69, 9.17) is 51.6 Å². The molecule has 0 radical (unpaired) electrons. The molecule has 0 unspecified atom stereocenters. The summed E-state index contributed by atoms with van der Waals surface area (Å²) < 4.78 is 0. The molecule has 32 N–H and O–H groups in total. The van der Waals surface area contributed by atoms with Crippen molar-refractivity contribution in [3.05, 3.63) is 0 Å². The van der Waals surface area contributed by atoms with Crippen LogP contribution in [-0.2, 0) is 67.1 Å². The second-order valence-electron chi connectivity index (χ2n) is 25.4. The van der Waals surface area contributed by atoms with Crippen LogP contribution in [0.5, 0.6) is 0 Å². The number of thiol groups is 2. The van der Waals surface area contributed by atoms with Crippen molar-refractivity contribution >= 4 is 120 Å². The zero-order valence-electron chi connectivity index (χ0n) is 60.6. The highest BCUT2D eigenvalue weighted by atomic mass is 32.1. The molecule has 1 rings (SSSR count). The fourth-order valence-corrected chi connectivity index (χ4v) is 10.7. The van der Waals surface area contributed by atoms with Crippen LogP contribution in [0.25, 0.3) is 0 Å². The van der Waals surface area contributed by atoms with Gasteiger partial charge < -0.3 is 126 Å². The molecule has 1 saturated heterocycles. The zero-order valence-corrected chi connectivity index (χ0v) is 62.4. The predicted molar refractivity (Wildman–Crippen MR) is 397 cm³/mol. The smallest absolute Gasteiger partial charge is 0.244 e. The first-order valence-corrected chi connectivity index (χ1v) is 36.7. The molecule has 41 heteroatoms. The molecule has 592 valence electrons. The Morgan fingerprint density at radius 2 is 0.404 bits per heavy atom. The van der Waals surface area contributed by atoms with Crippen molar-refractivity contribution in [1.29, 1.82) is 0 Å². The van der Waals surface area contributed by atoms with Crippen LogP contribution in [-0.4, -0.2) is 237 Å². The summed E-state index contributed by atoms with van der Waals surface area (Å²) in [6.45, 7) is 7.60. The fourth-order valence-electron chi connectivity index (χ4n) is 10.2. The molecule has 14 amide bonds. The maximum Gasteiger partial charge on any atom is 0.244 e. The first-order chi connectivity index (χ1) is 49.3. The van der Waals surface area contributed by atoms with Crippen molar-refractivity contribution in [2.24, 2.45) is 61.6 Å². The van der Waals surface area contributed by atoms with Gasteiger partial charge in [0.05, 0.1) is 0 Å². The minimum Gasteiger partial charge on any atom is -0.370 e. The monoisotopic (exact) mass is 1510 g/mol. The lowest BCUT2D eigenvalue weighted by atomic mass is 10.0. The first kappa shape index (κ1) is 93.6. The standard InChI is InChI=1S/C63H119N25O14S2/c1-34-48(89)76-37(4)51(92)81-44(23-16-30-73-62(69)70)57(98)85-42(21-9-14-28-67)56(97)86-43(22-10-15-29-68)59(100)87-47(33-104)61(102)88-46(32-103)60(101)79-38(5)52(93)82-45(24-17-31-74-63(71)72)58(99)84-41(20-8-13-27-66)55(96)83-40(19-7-12-26-65)54(95)78-35(2)49(90)75-36(3)50(91)80-39(53(94)77-34)18-6-11-25-64/h34-47,103-104H,6-33,64-68H2,1-5H3,(H,75,90)(H,76,89)(H,77,94)(H,78,95)(H,79,101)(H,80,91)(H,81,92)(H,82,93)(H,83,96)(H,84,99)(H,85,98)(H,86,97)(H,87,100)(H,88,102)(H4,69,70,73)(H4,71,72,74)/t34-,35-,36-,37-,38-,39-,40-,41-,42-,43-,44-,45-,46-,47-/m0/s1. The number of hydrogen-bond acceptors (Lipinski definition) is 23. The molecule has 1 aliphatic heterocycles. The average Bonchev–Trinajstić information content (AvgIpc) is 0.997. The number of guanidine groups is 2. The lowest BCUT2D eigenvalue weighted by molar-refractivity contribution is -0.136. The summed E-state index contributed by atoms with van der Waals surface area (Å²) in [7, 11) is 0. The molecule has 104 heavy (non-hydrogen) atoms. The molecule has 0 aromatic rings. The van der Waals surface area contributed by atoms with Crippen molar-refractivity contribution < 1.29 is 67.1 Å². The summed E-state index contributed by atoms with van der Waals surface area (Å²) in [5.74, 6) is -13.4. The van der Waals surface area contributed by atoms with Gasteiger partial charge in [0.2, 0.25) is 82.7 Å². The maximum atomic E-state index is 14.4. The first-order valence-electron chi connectivity index (χ1n) is 35.4. The summed E-state index contributed by atoms with van der Waals surface area (Å²) in [5, 5.41) is 36.1. The van der Waals surface area contributed by atoms with Gasteiger partial charge in [-0.05, 0) is 189 Å². The van der Waals surface area contributed by atoms with Gasteiger partial charge in [0.1, 0.15) is 84.6 Å². The van der Waals surface area contributed by atoms with E-state index < -0.39 is 167 Å². The highest BCUT2D eigenvalue weighted by Crippen LogP contribution is 2.12. The number of unbranched alkanes of at least 4 members (excludes halogenated alkanes) is 5. The molecular formula is C63H119N25O14S2. The summed E-state index contributed by atoms with van der Waals surface area (Å²) in [6.07, 6.45) is 3.48. The van der Waals surface area contributed by atoms with Crippen molar-refractivity contribution in [3.8, 4) is 0 Å². The number of rotatable bonds is 30. The van der Waals surface area contributed by atoms with E-state index in [1.54, 1.807) is 0 Å². The topological polar surface area (TPSA) is 666 Å². The van der Waals surface area contributed by atoms with Crippen LogP contribution in [0.2, 0.25) is 0 Å². The van der Waals surface area contributed by atoms with E-state index in [9.17, 15) is 67.1 Å². The van der Waals surface area contributed by atoms with E-state index in [2.05, 4.69) is 110 Å².